The maximum Gasteiger partial charge on any atom is 0.229 e. The summed E-state index contributed by atoms with van der Waals surface area (Å²) in [7, 11) is 0. The molecule has 2 fully saturated rings. The van der Waals surface area contributed by atoms with Crippen LogP contribution in [0.4, 0.5) is 11.4 Å². The van der Waals surface area contributed by atoms with E-state index >= 15 is 0 Å². The van der Waals surface area contributed by atoms with Crippen molar-refractivity contribution in [3.05, 3.63) is 24.3 Å². The highest BCUT2D eigenvalue weighted by molar-refractivity contribution is 5.97. The van der Waals surface area contributed by atoms with Crippen molar-refractivity contribution in [2.75, 3.05) is 22.9 Å². The molecule has 19 heavy (non-hydrogen) atoms. The number of carbonyl (C=O) groups is 2. The molecule has 0 aliphatic carbocycles. The minimum atomic E-state index is -0.577. The van der Waals surface area contributed by atoms with Crippen LogP contribution >= 0.6 is 0 Å². The molecule has 2 heterocycles. The van der Waals surface area contributed by atoms with Crippen LogP contribution in [0.25, 0.3) is 0 Å². The third kappa shape index (κ3) is 2.21. The Morgan fingerprint density at radius 2 is 1.63 bits per heavy atom. The van der Waals surface area contributed by atoms with Crippen LogP contribution in [-0.2, 0) is 9.59 Å². The van der Waals surface area contributed by atoms with Gasteiger partial charge in [-0.1, -0.05) is 0 Å². The maximum absolute atomic E-state index is 11.7. The van der Waals surface area contributed by atoms with E-state index in [1.165, 1.54) is 0 Å². The first kappa shape index (κ1) is 12.2. The average molecular weight is 260 g/mol. The lowest BCUT2D eigenvalue weighted by atomic mass is 10.2. The van der Waals surface area contributed by atoms with Crippen LogP contribution in [0.15, 0.2) is 24.3 Å². The van der Waals surface area contributed by atoms with Gasteiger partial charge in [0, 0.05) is 24.3 Å². The number of hydrogen-bond acceptors (Lipinski definition) is 3. The van der Waals surface area contributed by atoms with E-state index < -0.39 is 6.10 Å². The highest BCUT2D eigenvalue weighted by Gasteiger charge is 2.29. The van der Waals surface area contributed by atoms with Crippen LogP contribution in [0.2, 0.25) is 0 Å². The third-order valence-corrected chi connectivity index (χ3v) is 3.65. The van der Waals surface area contributed by atoms with E-state index in [9.17, 15) is 14.7 Å². The van der Waals surface area contributed by atoms with E-state index in [0.717, 1.165) is 24.3 Å². The molecule has 5 nitrogen and oxygen atoms in total. The molecule has 5 heteroatoms. The summed E-state index contributed by atoms with van der Waals surface area (Å²) in [6.45, 7) is 1.11. The molecule has 2 aliphatic heterocycles. The minimum Gasteiger partial charge on any atom is -0.391 e. The highest BCUT2D eigenvalue weighted by atomic mass is 16.3. The van der Waals surface area contributed by atoms with Gasteiger partial charge in [-0.2, -0.15) is 0 Å². The largest absolute Gasteiger partial charge is 0.391 e. The number of anilines is 2. The van der Waals surface area contributed by atoms with Crippen molar-refractivity contribution in [3.63, 3.8) is 0 Å². The molecule has 0 radical (unpaired) electrons. The van der Waals surface area contributed by atoms with E-state index in [1.807, 2.05) is 24.3 Å². The Bertz CT molecular complexity index is 512. The van der Waals surface area contributed by atoms with Crippen LogP contribution in [0.5, 0.6) is 0 Å². The predicted molar refractivity (Wildman–Crippen MR) is 71.0 cm³/mol. The third-order valence-electron chi connectivity index (χ3n) is 3.65. The smallest absolute Gasteiger partial charge is 0.229 e. The molecule has 1 N–H and O–H groups in total. The Kier molecular flexibility index (Phi) is 2.98. The monoisotopic (exact) mass is 260 g/mol. The molecule has 1 atom stereocenters. The van der Waals surface area contributed by atoms with Crippen molar-refractivity contribution in [1.29, 1.82) is 0 Å². The lowest BCUT2D eigenvalue weighted by Crippen LogP contribution is -2.26. The van der Waals surface area contributed by atoms with Crippen molar-refractivity contribution >= 4 is 23.2 Å². The normalized spacial score (nSPS) is 23.5. The highest BCUT2D eigenvalue weighted by Crippen LogP contribution is 2.26. The lowest BCUT2D eigenvalue weighted by Gasteiger charge is -2.19. The van der Waals surface area contributed by atoms with Gasteiger partial charge in [-0.25, -0.2) is 0 Å². The summed E-state index contributed by atoms with van der Waals surface area (Å²) in [4.78, 5) is 26.7. The summed E-state index contributed by atoms with van der Waals surface area (Å²) in [5.74, 6) is 0.0953. The van der Waals surface area contributed by atoms with Crippen LogP contribution in [0.1, 0.15) is 19.3 Å². The average Bonchev–Trinajstić information content (AvgIpc) is 2.96. The van der Waals surface area contributed by atoms with E-state index in [2.05, 4.69) is 0 Å². The van der Waals surface area contributed by atoms with E-state index in [-0.39, 0.29) is 18.2 Å². The van der Waals surface area contributed by atoms with Crippen LogP contribution in [-0.4, -0.2) is 36.1 Å². The van der Waals surface area contributed by atoms with Crippen LogP contribution in [0.3, 0.4) is 0 Å². The Labute approximate surface area is 111 Å². The molecular weight excluding hydrogens is 244 g/mol. The summed E-state index contributed by atoms with van der Waals surface area (Å²) in [5, 5.41) is 9.48. The molecule has 1 aromatic carbocycles. The Morgan fingerprint density at radius 1 is 1.00 bits per heavy atom. The zero-order valence-corrected chi connectivity index (χ0v) is 10.6. The van der Waals surface area contributed by atoms with Crippen LogP contribution < -0.4 is 9.80 Å². The fourth-order valence-corrected chi connectivity index (χ4v) is 2.67. The molecule has 100 valence electrons. The zero-order valence-electron chi connectivity index (χ0n) is 10.6. The topological polar surface area (TPSA) is 60.9 Å². The van der Waals surface area contributed by atoms with Crippen LogP contribution in [0, 0.1) is 0 Å². The molecule has 1 aromatic rings. The predicted octanol–water partition coefficient (Wildman–Crippen LogP) is 0.911. The van der Waals surface area contributed by atoms with Gasteiger partial charge in [0.1, 0.15) is 0 Å². The fourth-order valence-electron chi connectivity index (χ4n) is 2.67. The summed E-state index contributed by atoms with van der Waals surface area (Å²) in [6, 6.07) is 7.38. The van der Waals surface area contributed by atoms with Gasteiger partial charge >= 0.3 is 0 Å². The maximum atomic E-state index is 11.7. The molecule has 2 amide bonds. The summed E-state index contributed by atoms with van der Waals surface area (Å²) in [6.07, 6.45) is 1.12. The lowest BCUT2D eigenvalue weighted by molar-refractivity contribution is -0.118. The molecule has 2 aliphatic rings. The van der Waals surface area contributed by atoms with Gasteiger partial charge in [-0.05, 0) is 30.7 Å². The number of hydrogen-bond donors (Lipinski definition) is 1. The standard InChI is InChI=1S/C14H16N2O3/c17-12-8-14(19)16(9-12)11-5-3-10(4-6-11)15-7-1-2-13(15)18/h3-6,12,17H,1-2,7-9H2. The number of aliphatic hydroxyl groups is 1. The van der Waals surface area contributed by atoms with Gasteiger partial charge in [-0.15, -0.1) is 0 Å². The van der Waals surface area contributed by atoms with Crippen molar-refractivity contribution in [3.8, 4) is 0 Å². The van der Waals surface area contributed by atoms with Gasteiger partial charge < -0.3 is 14.9 Å². The van der Waals surface area contributed by atoms with E-state index in [1.54, 1.807) is 9.80 Å². The Morgan fingerprint density at radius 3 is 2.11 bits per heavy atom. The molecule has 3 rings (SSSR count). The van der Waals surface area contributed by atoms with Crippen molar-refractivity contribution < 1.29 is 14.7 Å². The molecular formula is C14H16N2O3. The summed E-state index contributed by atoms with van der Waals surface area (Å²) in [5.41, 5.74) is 1.65. The minimum absolute atomic E-state index is 0.0579. The molecule has 0 spiro atoms. The van der Waals surface area contributed by atoms with Crippen molar-refractivity contribution in [2.24, 2.45) is 0 Å². The first-order valence-corrected chi connectivity index (χ1v) is 6.54. The quantitative estimate of drug-likeness (QED) is 0.859. The van der Waals surface area contributed by atoms with Crippen molar-refractivity contribution in [1.82, 2.24) is 0 Å². The SMILES string of the molecule is O=C1CCCN1c1ccc(N2CC(O)CC2=O)cc1. The number of rotatable bonds is 2. The van der Waals surface area contributed by atoms with E-state index in [0.29, 0.717) is 13.0 Å². The first-order chi connectivity index (χ1) is 9.15. The fraction of sp³-hybridized carbons (Fsp3) is 0.429. The van der Waals surface area contributed by atoms with Gasteiger partial charge in [0.2, 0.25) is 11.8 Å². The summed E-state index contributed by atoms with van der Waals surface area (Å²) < 4.78 is 0. The number of amides is 2. The second kappa shape index (κ2) is 4.66. The Hall–Kier alpha value is -1.88. The molecule has 0 bridgehead atoms. The molecule has 2 saturated heterocycles. The number of β-amino-alcohol motifs (C(OH)–C–C–N with tert-alkyl or cyclic N) is 1. The second-order valence-corrected chi connectivity index (χ2v) is 5.03. The molecule has 0 aromatic heterocycles. The zero-order chi connectivity index (χ0) is 13.4. The van der Waals surface area contributed by atoms with E-state index in [4.69, 9.17) is 0 Å². The molecule has 0 saturated carbocycles. The van der Waals surface area contributed by atoms with Gasteiger partial charge in [0.05, 0.1) is 19.1 Å². The second-order valence-electron chi connectivity index (χ2n) is 5.03. The first-order valence-electron chi connectivity index (χ1n) is 6.54. The number of aliphatic hydroxyl groups excluding tert-OH is 1. The number of carbonyl (C=O) groups excluding carboxylic acids is 2. The van der Waals surface area contributed by atoms with Gasteiger partial charge in [-0.3, -0.25) is 9.59 Å². The van der Waals surface area contributed by atoms with Gasteiger partial charge in [0.15, 0.2) is 0 Å². The summed E-state index contributed by atoms with van der Waals surface area (Å²) >= 11 is 0. The van der Waals surface area contributed by atoms with Crippen molar-refractivity contribution in [2.45, 2.75) is 25.4 Å². The number of benzene rings is 1. The molecule has 1 unspecified atom stereocenters. The number of nitrogens with zero attached hydrogens (tertiary/aromatic N) is 2. The van der Waals surface area contributed by atoms with Gasteiger partial charge in [0.25, 0.3) is 0 Å². The Balaban J connectivity index is 1.79.